The number of hydrogen-bond donors (Lipinski definition) is 4. The maximum atomic E-state index is 9.51. The summed E-state index contributed by atoms with van der Waals surface area (Å²) in [6, 6.07) is 1.32. The van der Waals surface area contributed by atoms with Crippen molar-refractivity contribution in [2.45, 2.75) is 13.3 Å². The molecule has 0 spiro atoms. The predicted molar refractivity (Wildman–Crippen MR) is 48.9 cm³/mol. The highest BCUT2D eigenvalue weighted by atomic mass is 16.3. The van der Waals surface area contributed by atoms with E-state index in [9.17, 15) is 15.3 Å². The molecular weight excluding hydrogens is 170 g/mol. The lowest BCUT2D eigenvalue weighted by Gasteiger charge is -2.09. The number of aromatic hydroxyl groups is 3. The van der Waals surface area contributed by atoms with Crippen LogP contribution in [0.25, 0.3) is 0 Å². The SMILES string of the molecule is Cc1c(O)c(O)cc(CCN)c1O. The van der Waals surface area contributed by atoms with Crippen LogP contribution < -0.4 is 5.73 Å². The van der Waals surface area contributed by atoms with Gasteiger partial charge in [-0.15, -0.1) is 0 Å². The van der Waals surface area contributed by atoms with Crippen LogP contribution in [-0.4, -0.2) is 21.9 Å². The highest BCUT2D eigenvalue weighted by Crippen LogP contribution is 2.37. The predicted octanol–water partition coefficient (Wildman–Crippen LogP) is 0.613. The molecule has 0 fully saturated rings. The maximum Gasteiger partial charge on any atom is 0.164 e. The topological polar surface area (TPSA) is 86.7 Å². The van der Waals surface area contributed by atoms with Gasteiger partial charge in [-0.05, 0) is 31.5 Å². The fourth-order valence-electron chi connectivity index (χ4n) is 1.19. The Morgan fingerprint density at radius 2 is 1.85 bits per heavy atom. The van der Waals surface area contributed by atoms with E-state index in [4.69, 9.17) is 5.73 Å². The molecule has 4 nitrogen and oxygen atoms in total. The van der Waals surface area contributed by atoms with Crippen LogP contribution in [0.2, 0.25) is 0 Å². The first-order valence-electron chi connectivity index (χ1n) is 4.01. The van der Waals surface area contributed by atoms with E-state index in [0.29, 0.717) is 18.5 Å². The molecule has 4 heteroatoms. The van der Waals surface area contributed by atoms with Crippen LogP contribution in [0, 0.1) is 6.92 Å². The molecular formula is C9H13NO3. The fourth-order valence-corrected chi connectivity index (χ4v) is 1.19. The van der Waals surface area contributed by atoms with Crippen LogP contribution in [0.5, 0.6) is 17.2 Å². The Morgan fingerprint density at radius 3 is 2.38 bits per heavy atom. The average Bonchev–Trinajstić information content (AvgIpc) is 2.11. The minimum Gasteiger partial charge on any atom is -0.507 e. The summed E-state index contributed by atoms with van der Waals surface area (Å²) < 4.78 is 0. The van der Waals surface area contributed by atoms with Gasteiger partial charge >= 0.3 is 0 Å². The summed E-state index contributed by atoms with van der Waals surface area (Å²) in [6.45, 7) is 1.92. The average molecular weight is 183 g/mol. The van der Waals surface area contributed by atoms with Gasteiger partial charge in [-0.25, -0.2) is 0 Å². The molecule has 0 amide bonds. The second kappa shape index (κ2) is 3.53. The quantitative estimate of drug-likeness (QED) is 0.399. The van der Waals surface area contributed by atoms with Crippen molar-refractivity contribution < 1.29 is 15.3 Å². The van der Waals surface area contributed by atoms with Gasteiger partial charge < -0.3 is 21.1 Å². The van der Waals surface area contributed by atoms with Crippen LogP contribution in [0.3, 0.4) is 0 Å². The Balaban J connectivity index is 3.24. The minimum absolute atomic E-state index is 0.000694. The van der Waals surface area contributed by atoms with E-state index in [1.807, 2.05) is 0 Å². The summed E-state index contributed by atoms with van der Waals surface area (Å²) in [5, 5.41) is 28.0. The summed E-state index contributed by atoms with van der Waals surface area (Å²) in [7, 11) is 0. The maximum absolute atomic E-state index is 9.51. The van der Waals surface area contributed by atoms with Gasteiger partial charge in [0, 0.05) is 5.56 Å². The van der Waals surface area contributed by atoms with Crippen molar-refractivity contribution in [2.75, 3.05) is 6.54 Å². The molecule has 0 radical (unpaired) electrons. The van der Waals surface area contributed by atoms with E-state index in [1.54, 1.807) is 0 Å². The van der Waals surface area contributed by atoms with Gasteiger partial charge in [-0.2, -0.15) is 0 Å². The first kappa shape index (κ1) is 9.67. The molecule has 5 N–H and O–H groups in total. The molecule has 0 unspecified atom stereocenters. The summed E-state index contributed by atoms with van der Waals surface area (Å²) >= 11 is 0. The fraction of sp³-hybridized carbons (Fsp3) is 0.333. The molecule has 1 aromatic rings. The van der Waals surface area contributed by atoms with E-state index < -0.39 is 0 Å². The van der Waals surface area contributed by atoms with Crippen molar-refractivity contribution in [1.29, 1.82) is 0 Å². The first-order valence-corrected chi connectivity index (χ1v) is 4.01. The van der Waals surface area contributed by atoms with Crippen LogP contribution in [0.1, 0.15) is 11.1 Å². The number of nitrogens with two attached hydrogens (primary N) is 1. The zero-order valence-electron chi connectivity index (χ0n) is 7.41. The van der Waals surface area contributed by atoms with Crippen molar-refractivity contribution >= 4 is 0 Å². The molecule has 0 heterocycles. The Morgan fingerprint density at radius 1 is 1.23 bits per heavy atom. The van der Waals surface area contributed by atoms with Crippen molar-refractivity contribution in [2.24, 2.45) is 5.73 Å². The molecule has 0 bridgehead atoms. The van der Waals surface area contributed by atoms with Crippen molar-refractivity contribution in [1.82, 2.24) is 0 Å². The number of hydrogen-bond acceptors (Lipinski definition) is 4. The van der Waals surface area contributed by atoms with Gasteiger partial charge in [-0.3, -0.25) is 0 Å². The Hall–Kier alpha value is -1.42. The smallest absolute Gasteiger partial charge is 0.164 e. The third kappa shape index (κ3) is 1.67. The molecule has 0 aromatic heterocycles. The van der Waals surface area contributed by atoms with Crippen molar-refractivity contribution in [3.05, 3.63) is 17.2 Å². The second-order valence-electron chi connectivity index (χ2n) is 2.92. The van der Waals surface area contributed by atoms with Crippen molar-refractivity contribution in [3.8, 4) is 17.2 Å². The molecule has 0 saturated heterocycles. The van der Waals surface area contributed by atoms with E-state index in [-0.39, 0.29) is 22.8 Å². The summed E-state index contributed by atoms with van der Waals surface area (Å²) in [6.07, 6.45) is 0.473. The Bertz CT molecular complexity index is 323. The molecule has 0 aliphatic heterocycles. The third-order valence-corrected chi connectivity index (χ3v) is 1.98. The van der Waals surface area contributed by atoms with E-state index >= 15 is 0 Å². The molecule has 1 aromatic carbocycles. The molecule has 0 aliphatic rings. The van der Waals surface area contributed by atoms with Crippen LogP contribution in [0.4, 0.5) is 0 Å². The van der Waals surface area contributed by atoms with Crippen LogP contribution in [0.15, 0.2) is 6.07 Å². The van der Waals surface area contributed by atoms with Gasteiger partial charge in [-0.1, -0.05) is 0 Å². The highest BCUT2D eigenvalue weighted by molar-refractivity contribution is 5.55. The number of rotatable bonds is 2. The standard InChI is InChI=1S/C9H13NO3/c1-5-8(12)6(2-3-10)4-7(11)9(5)13/h4,11-13H,2-3,10H2,1H3. The second-order valence-corrected chi connectivity index (χ2v) is 2.92. The van der Waals surface area contributed by atoms with Crippen LogP contribution >= 0.6 is 0 Å². The van der Waals surface area contributed by atoms with Gasteiger partial charge in [0.2, 0.25) is 0 Å². The normalized spacial score (nSPS) is 10.3. The highest BCUT2D eigenvalue weighted by Gasteiger charge is 2.12. The number of benzene rings is 1. The third-order valence-electron chi connectivity index (χ3n) is 1.98. The molecule has 1 rings (SSSR count). The van der Waals surface area contributed by atoms with E-state index in [1.165, 1.54) is 13.0 Å². The lowest BCUT2D eigenvalue weighted by molar-refractivity contribution is 0.390. The van der Waals surface area contributed by atoms with Gasteiger partial charge in [0.15, 0.2) is 11.5 Å². The zero-order valence-corrected chi connectivity index (χ0v) is 7.41. The summed E-state index contributed by atoms with van der Waals surface area (Å²) in [5.41, 5.74) is 6.14. The van der Waals surface area contributed by atoms with Crippen LogP contribution in [-0.2, 0) is 6.42 Å². The molecule has 0 atom stereocenters. The Kier molecular flexibility index (Phi) is 2.63. The van der Waals surface area contributed by atoms with Gasteiger partial charge in [0.05, 0.1) is 0 Å². The Labute approximate surface area is 76.2 Å². The molecule has 0 saturated carbocycles. The summed E-state index contributed by atoms with van der Waals surface area (Å²) in [4.78, 5) is 0. The van der Waals surface area contributed by atoms with Gasteiger partial charge in [0.1, 0.15) is 5.75 Å². The molecule has 13 heavy (non-hydrogen) atoms. The molecule has 0 aliphatic carbocycles. The van der Waals surface area contributed by atoms with Crippen molar-refractivity contribution in [3.63, 3.8) is 0 Å². The molecule has 72 valence electrons. The number of phenolic OH excluding ortho intramolecular Hbond substituents is 3. The van der Waals surface area contributed by atoms with E-state index in [2.05, 4.69) is 0 Å². The first-order chi connectivity index (χ1) is 6.07. The lowest BCUT2D eigenvalue weighted by atomic mass is 10.1. The monoisotopic (exact) mass is 183 g/mol. The van der Waals surface area contributed by atoms with E-state index in [0.717, 1.165) is 0 Å². The summed E-state index contributed by atoms with van der Waals surface area (Å²) in [5.74, 6) is -0.502. The zero-order chi connectivity index (χ0) is 10.0. The lowest BCUT2D eigenvalue weighted by Crippen LogP contribution is -2.03. The van der Waals surface area contributed by atoms with Gasteiger partial charge in [0.25, 0.3) is 0 Å². The minimum atomic E-state index is -0.279. The number of phenols is 3. The largest absolute Gasteiger partial charge is 0.507 e.